The lowest BCUT2D eigenvalue weighted by Gasteiger charge is -2.02. The molecule has 2 aromatic heterocycles. The highest BCUT2D eigenvalue weighted by atomic mass is 79.9. The molecule has 88 valence electrons. The van der Waals surface area contributed by atoms with Crippen molar-refractivity contribution in [1.82, 2.24) is 9.78 Å². The van der Waals surface area contributed by atoms with Crippen molar-refractivity contribution in [3.8, 4) is 11.3 Å². The van der Waals surface area contributed by atoms with Gasteiger partial charge >= 0.3 is 5.97 Å². The lowest BCUT2D eigenvalue weighted by atomic mass is 10.1. The minimum atomic E-state index is -0.856. The predicted octanol–water partition coefficient (Wildman–Crippen LogP) is 3.02. The van der Waals surface area contributed by atoms with E-state index in [1.54, 1.807) is 12.3 Å². The smallest absolute Gasteiger partial charge is 0.345 e. The lowest BCUT2D eigenvalue weighted by molar-refractivity contribution is 0.0702. The third-order valence-electron chi connectivity index (χ3n) is 2.84. The van der Waals surface area contributed by atoms with Gasteiger partial charge in [0.1, 0.15) is 4.88 Å². The highest BCUT2D eigenvalue weighted by Crippen LogP contribution is 2.38. The van der Waals surface area contributed by atoms with Crippen molar-refractivity contribution in [2.75, 3.05) is 0 Å². The second-order valence-electron chi connectivity index (χ2n) is 3.92. The molecule has 0 bridgehead atoms. The topological polar surface area (TPSA) is 55.1 Å². The maximum absolute atomic E-state index is 11.0. The first-order chi connectivity index (χ1) is 8.16. The third-order valence-corrected chi connectivity index (χ3v) is 4.61. The summed E-state index contributed by atoms with van der Waals surface area (Å²) in [6, 6.07) is 1.76. The monoisotopic (exact) mass is 312 g/mol. The molecule has 0 atom stereocenters. The van der Waals surface area contributed by atoms with Crippen LogP contribution >= 0.6 is 27.3 Å². The van der Waals surface area contributed by atoms with Gasteiger partial charge in [-0.15, -0.1) is 11.3 Å². The molecular weight excluding hydrogens is 304 g/mol. The Labute approximate surface area is 110 Å². The number of carbonyl (C=O) groups is 1. The molecule has 0 aliphatic carbocycles. The van der Waals surface area contributed by atoms with E-state index in [1.807, 2.05) is 4.68 Å². The number of thiophene rings is 1. The maximum atomic E-state index is 11.0. The molecule has 0 unspecified atom stereocenters. The minimum Gasteiger partial charge on any atom is -0.477 e. The summed E-state index contributed by atoms with van der Waals surface area (Å²) < 4.78 is 2.87. The molecule has 1 aliphatic heterocycles. The Balaban J connectivity index is 2.23. The first kappa shape index (κ1) is 11.0. The van der Waals surface area contributed by atoms with Gasteiger partial charge in [-0.05, 0) is 34.8 Å². The Morgan fingerprint density at radius 1 is 1.59 bits per heavy atom. The summed E-state index contributed by atoms with van der Waals surface area (Å²) in [6.07, 6.45) is 3.68. The van der Waals surface area contributed by atoms with Crippen LogP contribution in [-0.4, -0.2) is 20.9 Å². The first-order valence-electron chi connectivity index (χ1n) is 5.24. The lowest BCUT2D eigenvalue weighted by Crippen LogP contribution is -2.00. The molecule has 2 aromatic rings. The van der Waals surface area contributed by atoms with E-state index < -0.39 is 5.97 Å². The van der Waals surface area contributed by atoms with E-state index in [0.717, 1.165) is 40.0 Å². The fourth-order valence-corrected chi connectivity index (χ4v) is 3.66. The Kier molecular flexibility index (Phi) is 2.56. The van der Waals surface area contributed by atoms with E-state index in [1.165, 1.54) is 11.3 Å². The van der Waals surface area contributed by atoms with Crippen molar-refractivity contribution in [2.24, 2.45) is 0 Å². The largest absolute Gasteiger partial charge is 0.477 e. The zero-order valence-electron chi connectivity index (χ0n) is 8.81. The van der Waals surface area contributed by atoms with Crippen molar-refractivity contribution in [2.45, 2.75) is 19.4 Å². The van der Waals surface area contributed by atoms with Crippen LogP contribution in [-0.2, 0) is 13.0 Å². The number of carboxylic acids is 1. The summed E-state index contributed by atoms with van der Waals surface area (Å²) in [7, 11) is 0. The van der Waals surface area contributed by atoms with Crippen LogP contribution in [0.5, 0.6) is 0 Å². The normalized spacial score (nSPS) is 13.9. The number of nitrogens with zero attached hydrogens (tertiary/aromatic N) is 2. The van der Waals surface area contributed by atoms with E-state index in [2.05, 4.69) is 21.0 Å². The van der Waals surface area contributed by atoms with Crippen LogP contribution in [0.1, 0.15) is 21.0 Å². The van der Waals surface area contributed by atoms with Gasteiger partial charge in [-0.2, -0.15) is 5.10 Å². The Morgan fingerprint density at radius 2 is 2.41 bits per heavy atom. The van der Waals surface area contributed by atoms with Crippen LogP contribution in [0.25, 0.3) is 11.3 Å². The van der Waals surface area contributed by atoms with Crippen molar-refractivity contribution in [3.63, 3.8) is 0 Å². The van der Waals surface area contributed by atoms with Gasteiger partial charge in [-0.1, -0.05) is 0 Å². The van der Waals surface area contributed by atoms with Crippen molar-refractivity contribution in [1.29, 1.82) is 0 Å². The third kappa shape index (κ3) is 1.71. The highest BCUT2D eigenvalue weighted by molar-refractivity contribution is 9.10. The van der Waals surface area contributed by atoms with Gasteiger partial charge in [0.05, 0.1) is 16.4 Å². The zero-order chi connectivity index (χ0) is 12.0. The molecule has 4 nitrogen and oxygen atoms in total. The predicted molar refractivity (Wildman–Crippen MR) is 68.5 cm³/mol. The van der Waals surface area contributed by atoms with Crippen LogP contribution in [0.2, 0.25) is 0 Å². The molecule has 3 heterocycles. The number of halogens is 1. The molecule has 3 rings (SSSR count). The van der Waals surface area contributed by atoms with E-state index in [4.69, 9.17) is 5.11 Å². The number of hydrogen-bond donors (Lipinski definition) is 1. The average Bonchev–Trinajstić information content (AvgIpc) is 2.80. The standard InChI is InChI=1S/C11H9BrN2O2S/c12-7-5-13-14-3-1-2-8-6(10(7)14)4-9(17-8)11(15)16/h4-5H,1-3H2,(H,15,16). The second-order valence-corrected chi connectivity index (χ2v) is 5.91. The molecule has 0 radical (unpaired) electrons. The fourth-order valence-electron chi connectivity index (χ4n) is 2.11. The minimum absolute atomic E-state index is 0.400. The average molecular weight is 313 g/mol. The van der Waals surface area contributed by atoms with E-state index in [9.17, 15) is 4.79 Å². The quantitative estimate of drug-likeness (QED) is 0.880. The molecule has 0 amide bonds. The van der Waals surface area contributed by atoms with Gasteiger partial charge in [0.2, 0.25) is 0 Å². The summed E-state index contributed by atoms with van der Waals surface area (Å²) >= 11 is 4.85. The van der Waals surface area contributed by atoms with Gasteiger partial charge in [-0.25, -0.2) is 4.79 Å². The van der Waals surface area contributed by atoms with Gasteiger partial charge < -0.3 is 5.11 Å². The number of rotatable bonds is 1. The van der Waals surface area contributed by atoms with Crippen LogP contribution < -0.4 is 0 Å². The molecule has 1 aliphatic rings. The van der Waals surface area contributed by atoms with Gasteiger partial charge in [0, 0.05) is 17.0 Å². The van der Waals surface area contributed by atoms with Gasteiger partial charge in [0.25, 0.3) is 0 Å². The molecule has 0 aromatic carbocycles. The van der Waals surface area contributed by atoms with Crippen LogP contribution in [0.3, 0.4) is 0 Å². The molecule has 0 spiro atoms. The fraction of sp³-hybridized carbons (Fsp3) is 0.273. The van der Waals surface area contributed by atoms with Crippen LogP contribution in [0.4, 0.5) is 0 Å². The first-order valence-corrected chi connectivity index (χ1v) is 6.85. The number of hydrogen-bond acceptors (Lipinski definition) is 3. The summed E-state index contributed by atoms with van der Waals surface area (Å²) in [5, 5.41) is 13.3. The zero-order valence-corrected chi connectivity index (χ0v) is 11.2. The van der Waals surface area contributed by atoms with E-state index in [-0.39, 0.29) is 0 Å². The number of aromatic nitrogens is 2. The maximum Gasteiger partial charge on any atom is 0.345 e. The molecule has 1 N–H and O–H groups in total. The number of carboxylic acid groups (broad SMARTS) is 1. The van der Waals surface area contributed by atoms with Crippen molar-refractivity contribution < 1.29 is 9.90 Å². The summed E-state index contributed by atoms with van der Waals surface area (Å²) in [4.78, 5) is 12.6. The van der Waals surface area contributed by atoms with Crippen LogP contribution in [0.15, 0.2) is 16.7 Å². The van der Waals surface area contributed by atoms with E-state index in [0.29, 0.717) is 4.88 Å². The number of fused-ring (bicyclic) bond motifs is 3. The molecule has 0 saturated heterocycles. The van der Waals surface area contributed by atoms with Crippen molar-refractivity contribution >= 4 is 33.2 Å². The van der Waals surface area contributed by atoms with Crippen LogP contribution in [0, 0.1) is 0 Å². The van der Waals surface area contributed by atoms with Gasteiger partial charge in [-0.3, -0.25) is 4.68 Å². The molecule has 17 heavy (non-hydrogen) atoms. The Morgan fingerprint density at radius 3 is 3.18 bits per heavy atom. The Hall–Kier alpha value is -1.14. The molecule has 0 saturated carbocycles. The summed E-state index contributed by atoms with van der Waals surface area (Å²) in [5.74, 6) is -0.856. The summed E-state index contributed by atoms with van der Waals surface area (Å²) in [6.45, 7) is 0.880. The Bertz CT molecular complexity index is 603. The number of aryl methyl sites for hydroxylation is 2. The SMILES string of the molecule is O=C(O)c1cc2c(s1)CCCn1ncc(Br)c1-2. The number of aromatic carboxylic acids is 1. The summed E-state index contributed by atoms with van der Waals surface area (Å²) in [5.41, 5.74) is 2.01. The molecule has 0 fully saturated rings. The molecule has 6 heteroatoms. The van der Waals surface area contributed by atoms with Crippen molar-refractivity contribution in [3.05, 3.63) is 26.5 Å². The highest BCUT2D eigenvalue weighted by Gasteiger charge is 2.22. The van der Waals surface area contributed by atoms with Gasteiger partial charge in [0.15, 0.2) is 0 Å². The second kappa shape index (κ2) is 3.96. The molecular formula is C11H9BrN2O2S. The van der Waals surface area contributed by atoms with E-state index >= 15 is 0 Å².